The van der Waals surface area contributed by atoms with Crippen LogP contribution in [0.4, 0.5) is 0 Å². The Bertz CT molecular complexity index is 641. The summed E-state index contributed by atoms with van der Waals surface area (Å²) in [6.07, 6.45) is -1.47. The molecule has 9 N–H and O–H groups in total. The number of hydrogen-bond donors (Lipinski definition) is 8. The van der Waals surface area contributed by atoms with E-state index in [1.54, 1.807) is 0 Å². The van der Waals surface area contributed by atoms with Crippen LogP contribution in [0.25, 0.3) is 0 Å². The summed E-state index contributed by atoms with van der Waals surface area (Å²) >= 11 is 3.88. The van der Waals surface area contributed by atoms with E-state index in [-0.39, 0.29) is 5.75 Å². The van der Waals surface area contributed by atoms with Crippen LogP contribution in [0.2, 0.25) is 0 Å². The molecule has 0 radical (unpaired) electrons. The molecule has 4 atom stereocenters. The van der Waals surface area contributed by atoms with Crippen LogP contribution in [-0.4, -0.2) is 75.7 Å². The van der Waals surface area contributed by atoms with E-state index in [1.807, 2.05) is 5.32 Å². The molecule has 14 heteroatoms. The van der Waals surface area contributed by atoms with Gasteiger partial charge in [-0.25, -0.2) is 4.79 Å². The van der Waals surface area contributed by atoms with Gasteiger partial charge < -0.3 is 37.6 Å². The van der Waals surface area contributed by atoms with Crippen LogP contribution in [-0.2, 0) is 28.8 Å². The van der Waals surface area contributed by atoms with Crippen LogP contribution in [0.5, 0.6) is 0 Å². The van der Waals surface area contributed by atoms with Gasteiger partial charge in [0.2, 0.25) is 23.6 Å². The third kappa shape index (κ3) is 9.18. The number of nitrogens with one attached hydrogen (secondary N) is 3. The van der Waals surface area contributed by atoms with Crippen molar-refractivity contribution in [2.75, 3.05) is 5.75 Å². The van der Waals surface area contributed by atoms with Crippen molar-refractivity contribution < 1.29 is 39.0 Å². The predicted molar refractivity (Wildman–Crippen MR) is 97.0 cm³/mol. The fourth-order valence-corrected chi connectivity index (χ4v) is 2.08. The number of carboxylic acid groups (broad SMARTS) is 2. The summed E-state index contributed by atoms with van der Waals surface area (Å²) in [5.74, 6) is -6.98. The van der Waals surface area contributed by atoms with Crippen molar-refractivity contribution in [1.29, 1.82) is 0 Å². The van der Waals surface area contributed by atoms with Gasteiger partial charge in [-0.3, -0.25) is 24.0 Å². The third-order valence-corrected chi connectivity index (χ3v) is 3.63. The van der Waals surface area contributed by atoms with Gasteiger partial charge in [-0.2, -0.15) is 12.6 Å². The number of primary amides is 1. The van der Waals surface area contributed by atoms with E-state index in [9.17, 15) is 28.8 Å². The van der Waals surface area contributed by atoms with Gasteiger partial charge in [0.25, 0.3) is 0 Å². The first-order chi connectivity index (χ1) is 12.9. The van der Waals surface area contributed by atoms with Crippen molar-refractivity contribution in [3.63, 3.8) is 0 Å². The second kappa shape index (κ2) is 11.8. The van der Waals surface area contributed by atoms with Crippen molar-refractivity contribution in [2.45, 2.75) is 43.9 Å². The Morgan fingerprint density at radius 1 is 0.857 bits per heavy atom. The Morgan fingerprint density at radius 2 is 1.32 bits per heavy atom. The molecule has 13 nitrogen and oxygen atoms in total. The summed E-state index contributed by atoms with van der Waals surface area (Å²) in [6, 6.07) is -5.53. The average Bonchev–Trinajstić information content (AvgIpc) is 2.56. The zero-order valence-corrected chi connectivity index (χ0v) is 15.8. The highest BCUT2D eigenvalue weighted by atomic mass is 32.1. The highest BCUT2D eigenvalue weighted by Gasteiger charge is 2.30. The molecule has 0 fully saturated rings. The largest absolute Gasteiger partial charge is 0.481 e. The SMILES string of the molecule is CC(N)C(=O)NC(CC(N)=O)C(=O)NC(CS)C(=O)NC(CC(=O)O)C(=O)O. The van der Waals surface area contributed by atoms with Crippen molar-refractivity contribution in [3.8, 4) is 0 Å². The second-order valence-electron chi connectivity index (χ2n) is 5.76. The van der Waals surface area contributed by atoms with Crippen molar-refractivity contribution >= 4 is 48.2 Å². The molecule has 0 rings (SSSR count). The third-order valence-electron chi connectivity index (χ3n) is 3.26. The lowest BCUT2D eigenvalue weighted by atomic mass is 10.1. The molecule has 0 aromatic carbocycles. The minimum atomic E-state index is -1.73. The Hall–Kier alpha value is -2.87. The Morgan fingerprint density at radius 3 is 1.71 bits per heavy atom. The lowest BCUT2D eigenvalue weighted by molar-refractivity contribution is -0.147. The minimum absolute atomic E-state index is 0.290. The molecule has 4 amide bonds. The topological polar surface area (TPSA) is 231 Å². The molecule has 0 aliphatic heterocycles. The molecule has 28 heavy (non-hydrogen) atoms. The van der Waals surface area contributed by atoms with E-state index in [2.05, 4.69) is 23.3 Å². The number of amides is 4. The van der Waals surface area contributed by atoms with Crippen LogP contribution in [0.1, 0.15) is 19.8 Å². The summed E-state index contributed by atoms with van der Waals surface area (Å²) in [7, 11) is 0. The number of thiol groups is 1. The molecular weight excluding hydrogens is 398 g/mol. The van der Waals surface area contributed by atoms with Gasteiger partial charge in [-0.05, 0) is 6.92 Å². The van der Waals surface area contributed by atoms with Crippen LogP contribution in [0, 0.1) is 0 Å². The number of aliphatic carboxylic acids is 2. The van der Waals surface area contributed by atoms with E-state index in [0.717, 1.165) is 0 Å². The molecular formula is C14H23N5O8S. The highest BCUT2D eigenvalue weighted by molar-refractivity contribution is 7.80. The van der Waals surface area contributed by atoms with Crippen molar-refractivity contribution in [1.82, 2.24) is 16.0 Å². The summed E-state index contributed by atoms with van der Waals surface area (Å²) in [4.78, 5) is 68.9. The van der Waals surface area contributed by atoms with Crippen molar-refractivity contribution in [3.05, 3.63) is 0 Å². The van der Waals surface area contributed by atoms with Gasteiger partial charge in [-0.15, -0.1) is 0 Å². The van der Waals surface area contributed by atoms with Crippen LogP contribution < -0.4 is 27.4 Å². The number of carboxylic acids is 2. The molecule has 0 aromatic heterocycles. The highest BCUT2D eigenvalue weighted by Crippen LogP contribution is 1.99. The molecule has 4 unspecified atom stereocenters. The van der Waals surface area contributed by atoms with Crippen molar-refractivity contribution in [2.24, 2.45) is 11.5 Å². The Labute approximate surface area is 165 Å². The molecule has 0 aliphatic rings. The number of carbonyl (C=O) groups excluding carboxylic acids is 4. The first-order valence-electron chi connectivity index (χ1n) is 7.89. The van der Waals surface area contributed by atoms with E-state index in [4.69, 9.17) is 21.7 Å². The standard InChI is InChI=1S/C14H23N5O8S/c1-5(15)11(23)17-6(2-9(16)20)12(24)19-8(4-28)13(25)18-7(14(26)27)3-10(21)22/h5-8,28H,2-4,15H2,1H3,(H2,16,20)(H,17,23)(H,18,25)(H,19,24)(H,21,22)(H,26,27). The van der Waals surface area contributed by atoms with Gasteiger partial charge in [0.05, 0.1) is 18.9 Å². The molecule has 0 aromatic rings. The summed E-state index contributed by atoms with van der Waals surface area (Å²) in [5.41, 5.74) is 10.4. The van der Waals surface area contributed by atoms with E-state index < -0.39 is 72.6 Å². The van der Waals surface area contributed by atoms with E-state index in [1.165, 1.54) is 6.92 Å². The monoisotopic (exact) mass is 421 g/mol. The summed E-state index contributed by atoms with van der Waals surface area (Å²) in [5, 5.41) is 24.0. The maximum absolute atomic E-state index is 12.3. The maximum atomic E-state index is 12.3. The van der Waals surface area contributed by atoms with Gasteiger partial charge in [0.15, 0.2) is 0 Å². The van der Waals surface area contributed by atoms with Gasteiger partial charge in [0, 0.05) is 5.75 Å². The summed E-state index contributed by atoms with van der Waals surface area (Å²) in [6.45, 7) is 1.34. The van der Waals surface area contributed by atoms with Gasteiger partial charge >= 0.3 is 11.9 Å². The zero-order chi connectivity index (χ0) is 22.0. The first kappa shape index (κ1) is 25.1. The molecule has 0 bridgehead atoms. The number of nitrogens with two attached hydrogens (primary N) is 2. The van der Waals surface area contributed by atoms with Crippen LogP contribution in [0.15, 0.2) is 0 Å². The fourth-order valence-electron chi connectivity index (χ4n) is 1.83. The quantitative estimate of drug-likeness (QED) is 0.144. The molecule has 0 saturated carbocycles. The molecule has 0 heterocycles. The Kier molecular flexibility index (Phi) is 10.6. The van der Waals surface area contributed by atoms with E-state index >= 15 is 0 Å². The molecule has 0 spiro atoms. The first-order valence-corrected chi connectivity index (χ1v) is 8.52. The number of hydrogen-bond acceptors (Lipinski definition) is 8. The average molecular weight is 421 g/mol. The lowest BCUT2D eigenvalue weighted by Gasteiger charge is -2.23. The van der Waals surface area contributed by atoms with Crippen LogP contribution >= 0.6 is 12.6 Å². The smallest absolute Gasteiger partial charge is 0.326 e. The lowest BCUT2D eigenvalue weighted by Crippen LogP contribution is -2.58. The maximum Gasteiger partial charge on any atom is 0.326 e. The fraction of sp³-hybridized carbons (Fsp3) is 0.571. The zero-order valence-electron chi connectivity index (χ0n) is 14.9. The van der Waals surface area contributed by atoms with Gasteiger partial charge in [-0.1, -0.05) is 0 Å². The normalized spacial score (nSPS) is 14.7. The van der Waals surface area contributed by atoms with Gasteiger partial charge in [0.1, 0.15) is 18.1 Å². The second-order valence-corrected chi connectivity index (χ2v) is 6.13. The van der Waals surface area contributed by atoms with Crippen LogP contribution in [0.3, 0.4) is 0 Å². The molecule has 0 aliphatic carbocycles. The predicted octanol–water partition coefficient (Wildman–Crippen LogP) is -3.85. The minimum Gasteiger partial charge on any atom is -0.481 e. The molecule has 0 saturated heterocycles. The molecule has 158 valence electrons. The number of rotatable bonds is 12. The number of carbonyl (C=O) groups is 6. The Balaban J connectivity index is 5.19. The van der Waals surface area contributed by atoms with E-state index in [0.29, 0.717) is 0 Å². The summed E-state index contributed by atoms with van der Waals surface area (Å²) < 4.78 is 0.